The maximum atomic E-state index is 5.58. The summed E-state index contributed by atoms with van der Waals surface area (Å²) in [7, 11) is 1.62. The van der Waals surface area contributed by atoms with Gasteiger partial charge in [-0.3, -0.25) is 0 Å². The van der Waals surface area contributed by atoms with Crippen molar-refractivity contribution in [2.45, 2.75) is 56.8 Å². The minimum atomic E-state index is 0.0816. The number of ether oxygens (including phenoxy) is 6. The van der Waals surface area contributed by atoms with Crippen LogP contribution in [0.2, 0.25) is 0 Å². The molecule has 0 bridgehead atoms. The molecule has 0 N–H and O–H groups in total. The predicted octanol–water partition coefficient (Wildman–Crippen LogP) is 3.71. The Bertz CT molecular complexity index is 336. The van der Waals surface area contributed by atoms with Crippen molar-refractivity contribution in [2.75, 3.05) is 58.9 Å². The molecule has 3 atom stereocenters. The van der Waals surface area contributed by atoms with Gasteiger partial charge in [-0.1, -0.05) is 22.0 Å². The Morgan fingerprint density at radius 3 is 2.52 bits per heavy atom. The van der Waals surface area contributed by atoms with Crippen LogP contribution >= 0.6 is 15.9 Å². The summed E-state index contributed by atoms with van der Waals surface area (Å²) in [6.07, 6.45) is 9.68. The van der Waals surface area contributed by atoms with E-state index in [2.05, 4.69) is 22.5 Å². The highest BCUT2D eigenvalue weighted by Crippen LogP contribution is 2.16. The van der Waals surface area contributed by atoms with Gasteiger partial charge in [-0.25, -0.2) is 0 Å². The lowest BCUT2D eigenvalue weighted by Crippen LogP contribution is -2.22. The van der Waals surface area contributed by atoms with E-state index in [4.69, 9.17) is 28.4 Å². The summed E-state index contributed by atoms with van der Waals surface area (Å²) >= 11 is 3.38. The highest BCUT2D eigenvalue weighted by atomic mass is 79.9. The normalized spacial score (nSPS) is 21.3. The molecule has 0 aliphatic carbocycles. The topological polar surface area (TPSA) is 62.0 Å². The number of methoxy groups -OCH3 is 1. The van der Waals surface area contributed by atoms with Gasteiger partial charge < -0.3 is 28.4 Å². The van der Waals surface area contributed by atoms with Crippen molar-refractivity contribution < 1.29 is 28.4 Å². The molecule has 2 fully saturated rings. The Balaban J connectivity index is 0.000000377. The third-order valence-corrected chi connectivity index (χ3v) is 4.60. The SMILES string of the molecule is BrCCCCC1CO1.C=CCOCCCCC(COCC1CO1)OCOC. The molecular formula is C20H37BrO6. The van der Waals surface area contributed by atoms with E-state index < -0.39 is 0 Å². The van der Waals surface area contributed by atoms with E-state index >= 15 is 0 Å². The average Bonchev–Trinajstić information content (AvgIpc) is 3.58. The van der Waals surface area contributed by atoms with Crippen molar-refractivity contribution >= 4 is 15.9 Å². The summed E-state index contributed by atoms with van der Waals surface area (Å²) in [5.74, 6) is 0. The first kappa shape index (κ1) is 25.0. The number of rotatable bonds is 18. The van der Waals surface area contributed by atoms with E-state index in [1.165, 1.54) is 19.3 Å². The lowest BCUT2D eigenvalue weighted by atomic mass is 10.1. The largest absolute Gasteiger partial charge is 0.377 e. The number of unbranched alkanes of at least 4 members (excludes halogenated alkanes) is 2. The molecule has 6 nitrogen and oxygen atoms in total. The number of hydrogen-bond acceptors (Lipinski definition) is 6. The monoisotopic (exact) mass is 452 g/mol. The van der Waals surface area contributed by atoms with Crippen LogP contribution in [0.4, 0.5) is 0 Å². The lowest BCUT2D eigenvalue weighted by Gasteiger charge is -2.17. The second kappa shape index (κ2) is 18.0. The minimum absolute atomic E-state index is 0.0816. The Morgan fingerprint density at radius 2 is 1.89 bits per heavy atom. The van der Waals surface area contributed by atoms with Crippen LogP contribution in [0.3, 0.4) is 0 Å². The van der Waals surface area contributed by atoms with Crippen molar-refractivity contribution in [1.82, 2.24) is 0 Å². The lowest BCUT2D eigenvalue weighted by molar-refractivity contribution is -0.101. The predicted molar refractivity (Wildman–Crippen MR) is 110 cm³/mol. The second-order valence-electron chi connectivity index (χ2n) is 6.69. The highest BCUT2D eigenvalue weighted by molar-refractivity contribution is 9.09. The van der Waals surface area contributed by atoms with Crippen LogP contribution in [-0.4, -0.2) is 77.2 Å². The first-order chi connectivity index (χ1) is 13.3. The quantitative estimate of drug-likeness (QED) is 0.104. The molecule has 2 rings (SSSR count). The standard InChI is InChI=1S/C14H26O5.C6H11BrO/c1-3-7-16-8-5-4-6-13(19-12-15-2)9-17-10-14-11-18-14;7-4-2-1-3-6-5-8-6/h3,13-14H,1,4-12H2,2H3;6H,1-5H2. The molecule has 2 saturated heterocycles. The Kier molecular flexibility index (Phi) is 16.7. The van der Waals surface area contributed by atoms with Gasteiger partial charge in [-0.15, -0.1) is 6.58 Å². The maximum absolute atomic E-state index is 5.58. The molecule has 27 heavy (non-hydrogen) atoms. The molecule has 7 heteroatoms. The number of halogens is 1. The molecule has 0 aromatic carbocycles. The van der Waals surface area contributed by atoms with E-state index in [0.29, 0.717) is 38.8 Å². The molecule has 2 aliphatic rings. The van der Waals surface area contributed by atoms with Crippen LogP contribution in [0.15, 0.2) is 12.7 Å². The van der Waals surface area contributed by atoms with Crippen LogP contribution in [0, 0.1) is 0 Å². The first-order valence-corrected chi connectivity index (χ1v) is 11.1. The summed E-state index contributed by atoms with van der Waals surface area (Å²) in [6.45, 7) is 8.39. The van der Waals surface area contributed by atoms with Crippen molar-refractivity contribution in [2.24, 2.45) is 0 Å². The Labute approximate surface area is 173 Å². The van der Waals surface area contributed by atoms with Gasteiger partial charge in [0.25, 0.3) is 0 Å². The van der Waals surface area contributed by atoms with Gasteiger partial charge >= 0.3 is 0 Å². The van der Waals surface area contributed by atoms with Gasteiger partial charge in [0.15, 0.2) is 0 Å². The molecule has 0 radical (unpaired) electrons. The van der Waals surface area contributed by atoms with Gasteiger partial charge in [-0.2, -0.15) is 0 Å². The summed E-state index contributed by atoms with van der Waals surface area (Å²) in [5, 5.41) is 1.14. The van der Waals surface area contributed by atoms with E-state index in [-0.39, 0.29) is 6.10 Å². The molecule has 0 saturated carbocycles. The van der Waals surface area contributed by atoms with Crippen molar-refractivity contribution in [1.29, 1.82) is 0 Å². The second-order valence-corrected chi connectivity index (χ2v) is 7.48. The fraction of sp³-hybridized carbons (Fsp3) is 0.900. The molecule has 0 amide bonds. The zero-order valence-corrected chi connectivity index (χ0v) is 18.3. The highest BCUT2D eigenvalue weighted by Gasteiger charge is 2.23. The maximum Gasteiger partial charge on any atom is 0.146 e. The fourth-order valence-electron chi connectivity index (χ4n) is 2.32. The summed E-state index contributed by atoms with van der Waals surface area (Å²) in [5.41, 5.74) is 0. The van der Waals surface area contributed by atoms with Crippen LogP contribution in [0.25, 0.3) is 0 Å². The smallest absolute Gasteiger partial charge is 0.146 e. The van der Waals surface area contributed by atoms with E-state index in [9.17, 15) is 0 Å². The van der Waals surface area contributed by atoms with Gasteiger partial charge in [0, 0.05) is 19.0 Å². The molecule has 0 aromatic heterocycles. The summed E-state index contributed by atoms with van der Waals surface area (Å²) in [4.78, 5) is 0. The Morgan fingerprint density at radius 1 is 1.11 bits per heavy atom. The van der Waals surface area contributed by atoms with E-state index in [0.717, 1.165) is 44.4 Å². The average molecular weight is 453 g/mol. The van der Waals surface area contributed by atoms with Crippen molar-refractivity contribution in [3.63, 3.8) is 0 Å². The molecule has 0 spiro atoms. The summed E-state index contributed by atoms with van der Waals surface area (Å²) in [6, 6.07) is 0. The van der Waals surface area contributed by atoms with E-state index in [1.54, 1.807) is 13.2 Å². The third-order valence-electron chi connectivity index (χ3n) is 4.04. The number of alkyl halides is 1. The molecular weight excluding hydrogens is 416 g/mol. The number of epoxide rings is 2. The van der Waals surface area contributed by atoms with Crippen LogP contribution in [0.1, 0.15) is 38.5 Å². The Hall–Kier alpha value is -0.0200. The van der Waals surface area contributed by atoms with Crippen LogP contribution in [0.5, 0.6) is 0 Å². The molecule has 2 aliphatic heterocycles. The minimum Gasteiger partial charge on any atom is -0.377 e. The molecule has 2 heterocycles. The molecule has 160 valence electrons. The van der Waals surface area contributed by atoms with Crippen LogP contribution in [-0.2, 0) is 28.4 Å². The number of hydrogen-bond donors (Lipinski definition) is 0. The van der Waals surface area contributed by atoms with Gasteiger partial charge in [0.05, 0.1) is 45.2 Å². The summed E-state index contributed by atoms with van der Waals surface area (Å²) < 4.78 is 31.5. The van der Waals surface area contributed by atoms with Crippen molar-refractivity contribution in [3.05, 3.63) is 12.7 Å². The van der Waals surface area contributed by atoms with E-state index in [1.807, 2.05) is 0 Å². The first-order valence-electron chi connectivity index (χ1n) is 9.96. The zero-order chi connectivity index (χ0) is 19.6. The van der Waals surface area contributed by atoms with Crippen molar-refractivity contribution in [3.8, 4) is 0 Å². The van der Waals surface area contributed by atoms with Gasteiger partial charge in [0.2, 0.25) is 0 Å². The molecule has 0 aromatic rings. The fourth-order valence-corrected chi connectivity index (χ4v) is 2.71. The molecule has 3 unspecified atom stereocenters. The van der Waals surface area contributed by atoms with Crippen LogP contribution < -0.4 is 0 Å². The van der Waals surface area contributed by atoms with Gasteiger partial charge in [0.1, 0.15) is 12.9 Å². The third kappa shape index (κ3) is 17.8. The zero-order valence-electron chi connectivity index (χ0n) is 16.7. The van der Waals surface area contributed by atoms with Gasteiger partial charge in [-0.05, 0) is 38.5 Å².